The predicted molar refractivity (Wildman–Crippen MR) is 85.8 cm³/mol. The van der Waals surface area contributed by atoms with Crippen LogP contribution in [0.1, 0.15) is 23.0 Å². The number of hydrogen-bond donors (Lipinski definition) is 1. The second-order valence-electron chi connectivity index (χ2n) is 5.57. The van der Waals surface area contributed by atoms with E-state index < -0.39 is 0 Å². The third-order valence-electron chi connectivity index (χ3n) is 4.07. The van der Waals surface area contributed by atoms with Crippen molar-refractivity contribution in [2.45, 2.75) is 19.5 Å². The highest BCUT2D eigenvalue weighted by molar-refractivity contribution is 5.36. The molecule has 3 rings (SSSR count). The van der Waals surface area contributed by atoms with Gasteiger partial charge in [-0.25, -0.2) is 9.97 Å². The molecule has 1 saturated heterocycles. The van der Waals surface area contributed by atoms with Crippen LogP contribution in [-0.4, -0.2) is 41.6 Å². The van der Waals surface area contributed by atoms with Gasteiger partial charge in [0.05, 0.1) is 13.2 Å². The fraction of sp³-hybridized carbons (Fsp3) is 0.412. The van der Waals surface area contributed by atoms with Crippen molar-refractivity contribution in [3.63, 3.8) is 0 Å². The molecule has 1 fully saturated rings. The molecule has 0 aliphatic carbocycles. The number of aryl methyl sites for hydroxylation is 1. The summed E-state index contributed by atoms with van der Waals surface area (Å²) in [6.45, 7) is 5.68. The van der Waals surface area contributed by atoms with Crippen molar-refractivity contribution in [2.24, 2.45) is 0 Å². The lowest BCUT2D eigenvalue weighted by atomic mass is 10.0. The summed E-state index contributed by atoms with van der Waals surface area (Å²) in [5.41, 5.74) is 2.37. The Morgan fingerprint density at radius 1 is 1.27 bits per heavy atom. The molecule has 22 heavy (non-hydrogen) atoms. The molecule has 116 valence electrons. The highest BCUT2D eigenvalue weighted by Crippen LogP contribution is 2.30. The highest BCUT2D eigenvalue weighted by atomic mass is 16.5. The minimum atomic E-state index is 0.297. The largest absolute Gasteiger partial charge is 0.496 e. The lowest BCUT2D eigenvalue weighted by Crippen LogP contribution is -2.45. The quantitative estimate of drug-likeness (QED) is 0.935. The van der Waals surface area contributed by atoms with Gasteiger partial charge in [0.15, 0.2) is 0 Å². The zero-order valence-corrected chi connectivity index (χ0v) is 13.1. The first kappa shape index (κ1) is 14.9. The summed E-state index contributed by atoms with van der Waals surface area (Å²) in [6, 6.07) is 8.55. The van der Waals surface area contributed by atoms with Gasteiger partial charge in [-0.05, 0) is 13.0 Å². The van der Waals surface area contributed by atoms with E-state index >= 15 is 0 Å². The fourth-order valence-corrected chi connectivity index (χ4v) is 2.92. The second kappa shape index (κ2) is 6.85. The van der Waals surface area contributed by atoms with Crippen LogP contribution in [0.5, 0.6) is 5.75 Å². The highest BCUT2D eigenvalue weighted by Gasteiger charge is 2.26. The Kier molecular flexibility index (Phi) is 4.65. The summed E-state index contributed by atoms with van der Waals surface area (Å²) in [5.74, 6) is 1.76. The number of rotatable bonds is 4. The van der Waals surface area contributed by atoms with Crippen LogP contribution in [0.15, 0.2) is 36.7 Å². The maximum atomic E-state index is 5.53. The van der Waals surface area contributed by atoms with Crippen molar-refractivity contribution in [3.05, 3.63) is 53.6 Å². The molecule has 1 aromatic heterocycles. The van der Waals surface area contributed by atoms with E-state index in [4.69, 9.17) is 4.74 Å². The average Bonchev–Trinajstić information content (AvgIpc) is 2.57. The average molecular weight is 298 g/mol. The topological polar surface area (TPSA) is 50.3 Å². The van der Waals surface area contributed by atoms with Gasteiger partial charge >= 0.3 is 0 Å². The molecule has 0 radical (unpaired) electrons. The zero-order valence-electron chi connectivity index (χ0n) is 13.1. The summed E-state index contributed by atoms with van der Waals surface area (Å²) in [6.07, 6.45) is 3.84. The van der Waals surface area contributed by atoms with Gasteiger partial charge in [-0.1, -0.05) is 18.2 Å². The first-order valence-corrected chi connectivity index (χ1v) is 7.63. The third kappa shape index (κ3) is 3.26. The molecule has 2 aromatic rings. The summed E-state index contributed by atoms with van der Waals surface area (Å²) < 4.78 is 5.53. The molecule has 1 aromatic carbocycles. The van der Waals surface area contributed by atoms with Crippen LogP contribution < -0.4 is 10.1 Å². The molecule has 0 amide bonds. The Bertz CT molecular complexity index is 614. The van der Waals surface area contributed by atoms with Crippen molar-refractivity contribution < 1.29 is 4.74 Å². The third-order valence-corrected chi connectivity index (χ3v) is 4.07. The monoisotopic (exact) mass is 298 g/mol. The number of nitrogens with one attached hydrogen (secondary N) is 1. The van der Waals surface area contributed by atoms with Gasteiger partial charge in [0.1, 0.15) is 11.6 Å². The van der Waals surface area contributed by atoms with Gasteiger partial charge in [-0.15, -0.1) is 0 Å². The molecule has 2 heterocycles. The Morgan fingerprint density at radius 2 is 2.05 bits per heavy atom. The maximum Gasteiger partial charge on any atom is 0.125 e. The number of ether oxygens (including phenoxy) is 1. The lowest BCUT2D eigenvalue weighted by Gasteiger charge is -2.37. The van der Waals surface area contributed by atoms with Crippen molar-refractivity contribution in [1.29, 1.82) is 0 Å². The SMILES string of the molecule is COc1ccccc1[C@H]1CNCCN1Cc1cnc(C)nc1. The van der Waals surface area contributed by atoms with Gasteiger partial charge in [-0.3, -0.25) is 4.90 Å². The Balaban J connectivity index is 1.83. The van der Waals surface area contributed by atoms with Gasteiger partial charge in [0.2, 0.25) is 0 Å². The van der Waals surface area contributed by atoms with Gasteiger partial charge < -0.3 is 10.1 Å². The van der Waals surface area contributed by atoms with E-state index in [9.17, 15) is 0 Å². The minimum Gasteiger partial charge on any atom is -0.496 e. The number of piperazine rings is 1. The molecule has 0 bridgehead atoms. The molecule has 5 heteroatoms. The molecule has 5 nitrogen and oxygen atoms in total. The van der Waals surface area contributed by atoms with Crippen LogP contribution in [0.4, 0.5) is 0 Å². The van der Waals surface area contributed by atoms with E-state index in [-0.39, 0.29) is 0 Å². The molecule has 0 spiro atoms. The van der Waals surface area contributed by atoms with E-state index in [1.807, 2.05) is 31.5 Å². The van der Waals surface area contributed by atoms with Crippen molar-refractivity contribution in [3.8, 4) is 5.75 Å². The van der Waals surface area contributed by atoms with E-state index in [2.05, 4.69) is 32.3 Å². The number of para-hydroxylation sites is 1. The van der Waals surface area contributed by atoms with E-state index in [0.29, 0.717) is 6.04 Å². The minimum absolute atomic E-state index is 0.297. The Hall–Kier alpha value is -1.98. The maximum absolute atomic E-state index is 5.53. The number of methoxy groups -OCH3 is 1. The number of aromatic nitrogens is 2. The number of hydrogen-bond acceptors (Lipinski definition) is 5. The predicted octanol–water partition coefficient (Wildman–Crippen LogP) is 1.94. The summed E-state index contributed by atoms with van der Waals surface area (Å²) in [7, 11) is 1.73. The smallest absolute Gasteiger partial charge is 0.125 e. The van der Waals surface area contributed by atoms with E-state index in [0.717, 1.165) is 43.3 Å². The second-order valence-corrected chi connectivity index (χ2v) is 5.57. The summed E-state index contributed by atoms with van der Waals surface area (Å²) in [5, 5.41) is 3.48. The first-order valence-electron chi connectivity index (χ1n) is 7.63. The Morgan fingerprint density at radius 3 is 2.82 bits per heavy atom. The van der Waals surface area contributed by atoms with Crippen LogP contribution >= 0.6 is 0 Å². The normalized spacial score (nSPS) is 19.1. The molecular formula is C17H22N4O. The molecule has 1 aliphatic rings. The van der Waals surface area contributed by atoms with Crippen molar-refractivity contribution in [2.75, 3.05) is 26.7 Å². The van der Waals surface area contributed by atoms with Gasteiger partial charge in [-0.2, -0.15) is 0 Å². The first-order chi connectivity index (χ1) is 10.8. The van der Waals surface area contributed by atoms with E-state index in [1.54, 1.807) is 7.11 Å². The van der Waals surface area contributed by atoms with Gasteiger partial charge in [0, 0.05) is 49.7 Å². The van der Waals surface area contributed by atoms with Crippen molar-refractivity contribution in [1.82, 2.24) is 20.2 Å². The Labute approximate surface area is 131 Å². The number of nitrogens with zero attached hydrogens (tertiary/aromatic N) is 3. The van der Waals surface area contributed by atoms with Crippen LogP contribution in [0.25, 0.3) is 0 Å². The fourth-order valence-electron chi connectivity index (χ4n) is 2.92. The summed E-state index contributed by atoms with van der Waals surface area (Å²) in [4.78, 5) is 11.1. The van der Waals surface area contributed by atoms with Crippen LogP contribution in [0.2, 0.25) is 0 Å². The molecule has 0 saturated carbocycles. The van der Waals surface area contributed by atoms with Crippen LogP contribution in [0.3, 0.4) is 0 Å². The number of benzene rings is 1. The zero-order chi connectivity index (χ0) is 15.4. The summed E-state index contributed by atoms with van der Waals surface area (Å²) >= 11 is 0. The van der Waals surface area contributed by atoms with Crippen LogP contribution in [-0.2, 0) is 6.54 Å². The molecular weight excluding hydrogens is 276 g/mol. The molecule has 1 aliphatic heterocycles. The molecule has 0 unspecified atom stereocenters. The molecule has 1 N–H and O–H groups in total. The van der Waals surface area contributed by atoms with Crippen molar-refractivity contribution >= 4 is 0 Å². The lowest BCUT2D eigenvalue weighted by molar-refractivity contribution is 0.150. The molecule has 1 atom stereocenters. The van der Waals surface area contributed by atoms with Crippen LogP contribution in [0, 0.1) is 6.92 Å². The van der Waals surface area contributed by atoms with E-state index in [1.165, 1.54) is 5.56 Å². The van der Waals surface area contributed by atoms with Gasteiger partial charge in [0.25, 0.3) is 0 Å². The standard InChI is InChI=1S/C17H22N4O/c1-13-19-9-14(10-20-13)12-21-8-7-18-11-16(21)15-5-3-4-6-17(15)22-2/h3-6,9-10,16,18H,7-8,11-12H2,1-2H3/t16-/m1/s1.